The van der Waals surface area contributed by atoms with Gasteiger partial charge < -0.3 is 10.0 Å². The third-order valence-corrected chi connectivity index (χ3v) is 4.41. The number of H-pyrrole nitrogens is 1. The highest BCUT2D eigenvalue weighted by Crippen LogP contribution is 2.28. The van der Waals surface area contributed by atoms with Crippen LogP contribution in [0.4, 0.5) is 13.2 Å². The predicted octanol–water partition coefficient (Wildman–Crippen LogP) is 2.63. The molecule has 1 aromatic heterocycles. The number of rotatable bonds is 4. The van der Waals surface area contributed by atoms with Crippen molar-refractivity contribution in [1.29, 1.82) is 0 Å². The highest BCUT2D eigenvalue weighted by atomic mass is 19.4. The molecule has 2 aromatic rings. The molecule has 3 rings (SSSR count). The Morgan fingerprint density at radius 1 is 1.28 bits per heavy atom. The first-order chi connectivity index (χ1) is 11.9. The number of aromatic nitrogens is 2. The van der Waals surface area contributed by atoms with E-state index in [-0.39, 0.29) is 18.2 Å². The van der Waals surface area contributed by atoms with Gasteiger partial charge >= 0.3 is 6.18 Å². The van der Waals surface area contributed by atoms with Gasteiger partial charge in [0.2, 0.25) is 0 Å². The normalized spacial score (nSPS) is 17.9. The number of aromatic amines is 1. The molecule has 2 N–H and O–H groups in total. The zero-order valence-corrected chi connectivity index (χ0v) is 13.4. The molecule has 134 valence electrons. The number of carbonyl (C=O) groups is 1. The Morgan fingerprint density at radius 3 is 2.56 bits per heavy atom. The summed E-state index contributed by atoms with van der Waals surface area (Å²) in [4.78, 5) is 13.9. The number of nitrogens with one attached hydrogen (secondary N) is 1. The van der Waals surface area contributed by atoms with Crippen molar-refractivity contribution in [3.8, 4) is 0 Å². The Labute approximate surface area is 142 Å². The fourth-order valence-electron chi connectivity index (χ4n) is 3.04. The summed E-state index contributed by atoms with van der Waals surface area (Å²) in [5.74, 6) is -0.227. The first-order valence-electron chi connectivity index (χ1n) is 7.97. The summed E-state index contributed by atoms with van der Waals surface area (Å²) in [7, 11) is 0. The van der Waals surface area contributed by atoms with Crippen molar-refractivity contribution in [3.63, 3.8) is 0 Å². The Balaban J connectivity index is 1.60. The van der Waals surface area contributed by atoms with Crippen molar-refractivity contribution < 1.29 is 23.1 Å². The highest BCUT2D eigenvalue weighted by Gasteiger charge is 2.35. The minimum absolute atomic E-state index is 0.00440. The molecular weight excluding hydrogens is 335 g/mol. The quantitative estimate of drug-likeness (QED) is 0.888. The molecule has 0 spiro atoms. The summed E-state index contributed by atoms with van der Waals surface area (Å²) in [6, 6.07) is 8.35. The van der Waals surface area contributed by atoms with Gasteiger partial charge in [0.15, 0.2) is 5.69 Å². The van der Waals surface area contributed by atoms with Gasteiger partial charge in [0.1, 0.15) is 5.69 Å². The molecular formula is C17H18F3N3O2. The van der Waals surface area contributed by atoms with Crippen molar-refractivity contribution in [2.45, 2.75) is 25.6 Å². The number of alkyl halides is 3. The number of amides is 1. The summed E-state index contributed by atoms with van der Waals surface area (Å²) in [5.41, 5.74) is 0.720. The molecule has 0 unspecified atom stereocenters. The van der Waals surface area contributed by atoms with E-state index in [2.05, 4.69) is 5.10 Å². The SMILES string of the molecule is O=C(c1cc(C(F)(F)F)[nH]n1)N1CC[C@@H](Cc2ccc(CO)cc2)C1. The lowest BCUT2D eigenvalue weighted by atomic mass is 9.98. The van der Waals surface area contributed by atoms with Crippen LogP contribution in [-0.2, 0) is 19.2 Å². The molecule has 8 heteroatoms. The zero-order valence-electron chi connectivity index (χ0n) is 13.4. The number of hydrogen-bond donors (Lipinski definition) is 2. The number of benzene rings is 1. The van der Waals surface area contributed by atoms with E-state index in [1.54, 1.807) is 4.90 Å². The van der Waals surface area contributed by atoms with Crippen molar-refractivity contribution >= 4 is 5.91 Å². The maximum atomic E-state index is 12.6. The number of likely N-dealkylation sites (tertiary alicyclic amines) is 1. The standard InChI is InChI=1S/C17H18F3N3O2/c18-17(19,20)15-8-14(21-22-15)16(25)23-6-5-13(9-23)7-11-1-3-12(10-24)4-2-11/h1-4,8,13,24H,5-7,9-10H2,(H,21,22)/t13-/m0/s1. The van der Waals surface area contributed by atoms with Crippen LogP contribution in [0.5, 0.6) is 0 Å². The maximum Gasteiger partial charge on any atom is 0.432 e. The van der Waals surface area contributed by atoms with Gasteiger partial charge in [-0.1, -0.05) is 24.3 Å². The lowest BCUT2D eigenvalue weighted by Gasteiger charge is -2.15. The van der Waals surface area contributed by atoms with Crippen LogP contribution < -0.4 is 0 Å². The summed E-state index contributed by atoms with van der Waals surface area (Å²) in [5, 5.41) is 14.4. The molecule has 1 aliphatic heterocycles. The molecule has 1 aromatic carbocycles. The van der Waals surface area contributed by atoms with Crippen LogP contribution in [0.15, 0.2) is 30.3 Å². The first-order valence-corrected chi connectivity index (χ1v) is 7.97. The van der Waals surface area contributed by atoms with E-state index in [1.807, 2.05) is 29.4 Å². The predicted molar refractivity (Wildman–Crippen MR) is 83.7 cm³/mol. The molecule has 2 heterocycles. The molecule has 1 aliphatic rings. The molecule has 0 saturated carbocycles. The van der Waals surface area contributed by atoms with E-state index in [1.165, 1.54) is 0 Å². The molecule has 0 aliphatic carbocycles. The van der Waals surface area contributed by atoms with E-state index in [9.17, 15) is 18.0 Å². The van der Waals surface area contributed by atoms with Crippen LogP contribution in [0.3, 0.4) is 0 Å². The van der Waals surface area contributed by atoms with E-state index >= 15 is 0 Å². The second kappa shape index (κ2) is 6.87. The van der Waals surface area contributed by atoms with Crippen LogP contribution in [0.1, 0.15) is 33.7 Å². The average Bonchev–Trinajstić information content (AvgIpc) is 3.24. The Bertz CT molecular complexity index is 740. The minimum atomic E-state index is -4.54. The van der Waals surface area contributed by atoms with Crippen LogP contribution >= 0.6 is 0 Å². The summed E-state index contributed by atoms with van der Waals surface area (Å²) < 4.78 is 37.8. The second-order valence-electron chi connectivity index (χ2n) is 6.25. The molecule has 0 radical (unpaired) electrons. The number of hydrogen-bond acceptors (Lipinski definition) is 3. The van der Waals surface area contributed by atoms with E-state index in [4.69, 9.17) is 5.11 Å². The first kappa shape index (κ1) is 17.5. The summed E-state index contributed by atoms with van der Waals surface area (Å²) in [6.45, 7) is 0.997. The molecule has 0 bridgehead atoms. The monoisotopic (exact) mass is 353 g/mol. The van der Waals surface area contributed by atoms with E-state index in [0.717, 1.165) is 30.0 Å². The maximum absolute atomic E-state index is 12.6. The van der Waals surface area contributed by atoms with Gasteiger partial charge in [-0.05, 0) is 29.9 Å². The van der Waals surface area contributed by atoms with Crippen LogP contribution in [0.25, 0.3) is 0 Å². The van der Waals surface area contributed by atoms with Crippen LogP contribution in [0.2, 0.25) is 0 Å². The molecule has 1 atom stereocenters. The minimum Gasteiger partial charge on any atom is -0.392 e. The highest BCUT2D eigenvalue weighted by molar-refractivity contribution is 5.92. The zero-order chi connectivity index (χ0) is 18.0. The third kappa shape index (κ3) is 4.01. The van der Waals surface area contributed by atoms with Crippen molar-refractivity contribution in [3.05, 3.63) is 52.8 Å². The van der Waals surface area contributed by atoms with Crippen molar-refractivity contribution in [2.75, 3.05) is 13.1 Å². The Hall–Kier alpha value is -2.35. The number of halogens is 3. The summed E-state index contributed by atoms with van der Waals surface area (Å²) in [6.07, 6.45) is -2.96. The topological polar surface area (TPSA) is 69.2 Å². The average molecular weight is 353 g/mol. The molecule has 25 heavy (non-hydrogen) atoms. The van der Waals surface area contributed by atoms with E-state index < -0.39 is 17.8 Å². The molecule has 1 fully saturated rings. The van der Waals surface area contributed by atoms with Gasteiger partial charge in [0.25, 0.3) is 5.91 Å². The molecule has 5 nitrogen and oxygen atoms in total. The fraction of sp³-hybridized carbons (Fsp3) is 0.412. The lowest BCUT2D eigenvalue weighted by molar-refractivity contribution is -0.141. The lowest BCUT2D eigenvalue weighted by Crippen LogP contribution is -2.29. The third-order valence-electron chi connectivity index (χ3n) is 4.41. The van der Waals surface area contributed by atoms with Gasteiger partial charge in [-0.2, -0.15) is 18.3 Å². The van der Waals surface area contributed by atoms with Crippen molar-refractivity contribution in [1.82, 2.24) is 15.1 Å². The number of aliphatic hydroxyl groups is 1. The summed E-state index contributed by atoms with van der Waals surface area (Å²) >= 11 is 0. The van der Waals surface area contributed by atoms with Gasteiger partial charge in [0, 0.05) is 19.2 Å². The largest absolute Gasteiger partial charge is 0.432 e. The Kier molecular flexibility index (Phi) is 4.80. The van der Waals surface area contributed by atoms with E-state index in [0.29, 0.717) is 13.1 Å². The van der Waals surface area contributed by atoms with Crippen LogP contribution in [0, 0.1) is 5.92 Å². The van der Waals surface area contributed by atoms with Gasteiger partial charge in [-0.3, -0.25) is 9.89 Å². The van der Waals surface area contributed by atoms with Crippen LogP contribution in [-0.4, -0.2) is 39.2 Å². The smallest absolute Gasteiger partial charge is 0.392 e. The Morgan fingerprint density at radius 2 is 1.96 bits per heavy atom. The number of nitrogens with zero attached hydrogens (tertiary/aromatic N) is 2. The number of aliphatic hydroxyl groups excluding tert-OH is 1. The van der Waals surface area contributed by atoms with Crippen molar-refractivity contribution in [2.24, 2.45) is 5.92 Å². The van der Waals surface area contributed by atoms with Gasteiger partial charge in [0.05, 0.1) is 6.61 Å². The molecule has 1 saturated heterocycles. The number of carbonyl (C=O) groups excluding carboxylic acids is 1. The fourth-order valence-corrected chi connectivity index (χ4v) is 3.04. The van der Waals surface area contributed by atoms with Gasteiger partial charge in [-0.15, -0.1) is 0 Å². The molecule has 1 amide bonds. The second-order valence-corrected chi connectivity index (χ2v) is 6.25. The van der Waals surface area contributed by atoms with Gasteiger partial charge in [-0.25, -0.2) is 0 Å².